The lowest BCUT2D eigenvalue weighted by Gasteiger charge is -2.49. The van der Waals surface area contributed by atoms with Crippen LogP contribution in [-0.2, 0) is 4.74 Å². The molecule has 3 nitrogen and oxygen atoms in total. The molecule has 3 heteroatoms. The largest absolute Gasteiger partial charge is 0.375 e. The highest BCUT2D eigenvalue weighted by molar-refractivity contribution is 5.00. The van der Waals surface area contributed by atoms with Crippen LogP contribution in [0.15, 0.2) is 0 Å². The summed E-state index contributed by atoms with van der Waals surface area (Å²) in [5.74, 6) is 0.263. The molecule has 3 rings (SSSR count). The maximum absolute atomic E-state index is 9.38. The Hall–Kier alpha value is -0.590. The van der Waals surface area contributed by atoms with Gasteiger partial charge in [-0.15, -0.1) is 0 Å². The fourth-order valence-corrected chi connectivity index (χ4v) is 4.20. The minimum atomic E-state index is 0.263. The van der Waals surface area contributed by atoms with Crippen LogP contribution in [0.3, 0.4) is 0 Å². The molecule has 0 aromatic carbocycles. The number of hydrogen-bond acceptors (Lipinski definition) is 3. The molecule has 3 fully saturated rings. The first-order chi connectivity index (χ1) is 8.90. The van der Waals surface area contributed by atoms with Crippen LogP contribution >= 0.6 is 0 Å². The van der Waals surface area contributed by atoms with Crippen molar-refractivity contribution >= 4 is 0 Å². The molecule has 100 valence electrons. The minimum Gasteiger partial charge on any atom is -0.375 e. The van der Waals surface area contributed by atoms with Crippen LogP contribution in [-0.4, -0.2) is 36.2 Å². The van der Waals surface area contributed by atoms with Gasteiger partial charge >= 0.3 is 0 Å². The smallest absolute Gasteiger partial charge is 0.0731 e. The lowest BCUT2D eigenvalue weighted by molar-refractivity contribution is -0.111. The quantitative estimate of drug-likeness (QED) is 0.716. The van der Waals surface area contributed by atoms with Crippen molar-refractivity contribution in [1.82, 2.24) is 4.90 Å². The van der Waals surface area contributed by atoms with Crippen LogP contribution in [0.25, 0.3) is 0 Å². The number of morpholine rings is 1. The van der Waals surface area contributed by atoms with E-state index >= 15 is 0 Å². The monoisotopic (exact) mass is 248 g/mol. The summed E-state index contributed by atoms with van der Waals surface area (Å²) in [7, 11) is 0. The first kappa shape index (κ1) is 12.4. The lowest BCUT2D eigenvalue weighted by atomic mass is 9.81. The first-order valence-electron chi connectivity index (χ1n) is 7.67. The summed E-state index contributed by atoms with van der Waals surface area (Å²) in [5.41, 5.74) is 0. The van der Waals surface area contributed by atoms with E-state index in [1.165, 1.54) is 44.9 Å². The number of hydrogen-bond donors (Lipinski definition) is 0. The Balaban J connectivity index is 1.74. The number of ether oxygens (including phenoxy) is 1. The Labute approximate surface area is 110 Å². The molecule has 4 unspecified atom stereocenters. The summed E-state index contributed by atoms with van der Waals surface area (Å²) in [6.07, 6.45) is 10.5. The summed E-state index contributed by atoms with van der Waals surface area (Å²) in [6, 6.07) is 3.68. The third-order valence-electron chi connectivity index (χ3n) is 5.10. The van der Waals surface area contributed by atoms with Gasteiger partial charge in [-0.05, 0) is 25.7 Å². The Morgan fingerprint density at radius 2 is 1.67 bits per heavy atom. The van der Waals surface area contributed by atoms with E-state index < -0.39 is 0 Å². The SMILES string of the molecule is N#CC1CCCCC1N1CCOC2CCCCC21. The van der Waals surface area contributed by atoms with Crippen LogP contribution in [0.4, 0.5) is 0 Å². The first-order valence-corrected chi connectivity index (χ1v) is 7.67. The van der Waals surface area contributed by atoms with Gasteiger partial charge in [-0.1, -0.05) is 25.7 Å². The van der Waals surface area contributed by atoms with Gasteiger partial charge in [0.25, 0.3) is 0 Å². The van der Waals surface area contributed by atoms with Gasteiger partial charge < -0.3 is 4.74 Å². The van der Waals surface area contributed by atoms with E-state index in [0.29, 0.717) is 18.2 Å². The second-order valence-corrected chi connectivity index (χ2v) is 6.09. The van der Waals surface area contributed by atoms with Crippen molar-refractivity contribution in [3.05, 3.63) is 0 Å². The normalized spacial score (nSPS) is 41.9. The van der Waals surface area contributed by atoms with E-state index in [1.54, 1.807) is 0 Å². The van der Waals surface area contributed by atoms with Crippen molar-refractivity contribution in [2.24, 2.45) is 5.92 Å². The average molecular weight is 248 g/mol. The average Bonchev–Trinajstić information content (AvgIpc) is 2.46. The molecule has 1 heterocycles. The van der Waals surface area contributed by atoms with Crippen molar-refractivity contribution in [3.63, 3.8) is 0 Å². The maximum Gasteiger partial charge on any atom is 0.0731 e. The minimum absolute atomic E-state index is 0.263. The molecular weight excluding hydrogens is 224 g/mol. The van der Waals surface area contributed by atoms with Crippen molar-refractivity contribution in [2.75, 3.05) is 13.2 Å². The van der Waals surface area contributed by atoms with Crippen LogP contribution in [0.2, 0.25) is 0 Å². The molecule has 0 radical (unpaired) electrons. The Kier molecular flexibility index (Phi) is 3.86. The second-order valence-electron chi connectivity index (χ2n) is 6.09. The summed E-state index contributed by atoms with van der Waals surface area (Å²) in [6.45, 7) is 1.92. The molecule has 0 aromatic heterocycles. The second kappa shape index (κ2) is 5.59. The lowest BCUT2D eigenvalue weighted by Crippen LogP contribution is -2.58. The van der Waals surface area contributed by atoms with Crippen molar-refractivity contribution in [3.8, 4) is 6.07 Å². The molecule has 3 aliphatic rings. The van der Waals surface area contributed by atoms with Gasteiger partial charge in [0.15, 0.2) is 0 Å². The van der Waals surface area contributed by atoms with Gasteiger partial charge in [0, 0.05) is 18.6 Å². The molecule has 2 saturated carbocycles. The van der Waals surface area contributed by atoms with Crippen molar-refractivity contribution < 1.29 is 4.74 Å². The Bertz CT molecular complexity index is 323. The molecule has 18 heavy (non-hydrogen) atoms. The molecule has 0 amide bonds. The molecular formula is C15H24N2O. The van der Waals surface area contributed by atoms with Gasteiger partial charge in [0.1, 0.15) is 0 Å². The zero-order valence-electron chi connectivity index (χ0n) is 11.2. The van der Waals surface area contributed by atoms with Crippen LogP contribution in [0, 0.1) is 17.2 Å². The molecule has 0 aromatic rings. The number of rotatable bonds is 1. The van der Waals surface area contributed by atoms with Gasteiger partial charge in [-0.2, -0.15) is 5.26 Å². The summed E-state index contributed by atoms with van der Waals surface area (Å²) < 4.78 is 5.95. The fourth-order valence-electron chi connectivity index (χ4n) is 4.20. The van der Waals surface area contributed by atoms with Crippen molar-refractivity contribution in [1.29, 1.82) is 5.26 Å². The van der Waals surface area contributed by atoms with Crippen LogP contribution < -0.4 is 0 Å². The Morgan fingerprint density at radius 3 is 2.50 bits per heavy atom. The van der Waals surface area contributed by atoms with Crippen LogP contribution in [0.5, 0.6) is 0 Å². The number of fused-ring (bicyclic) bond motifs is 1. The highest BCUT2D eigenvalue weighted by atomic mass is 16.5. The van der Waals surface area contributed by atoms with Crippen molar-refractivity contribution in [2.45, 2.75) is 69.6 Å². The van der Waals surface area contributed by atoms with Gasteiger partial charge in [0.05, 0.1) is 24.7 Å². The maximum atomic E-state index is 9.38. The highest BCUT2D eigenvalue weighted by Crippen LogP contribution is 2.35. The van der Waals surface area contributed by atoms with E-state index in [9.17, 15) is 5.26 Å². The zero-order valence-corrected chi connectivity index (χ0v) is 11.2. The highest BCUT2D eigenvalue weighted by Gasteiger charge is 2.40. The predicted molar refractivity (Wildman–Crippen MR) is 70.1 cm³/mol. The van der Waals surface area contributed by atoms with E-state index in [2.05, 4.69) is 11.0 Å². The standard InChI is InChI=1S/C15H24N2O/c16-11-12-5-1-2-6-13(12)17-9-10-18-15-8-4-3-7-14(15)17/h12-15H,1-10H2. The summed E-state index contributed by atoms with van der Waals surface area (Å²) in [4.78, 5) is 2.65. The molecule has 1 aliphatic heterocycles. The third-order valence-corrected chi connectivity index (χ3v) is 5.10. The third kappa shape index (κ3) is 2.29. The number of nitrogens with zero attached hydrogens (tertiary/aromatic N) is 2. The van der Waals surface area contributed by atoms with E-state index in [-0.39, 0.29) is 5.92 Å². The van der Waals surface area contributed by atoms with E-state index in [0.717, 1.165) is 19.6 Å². The van der Waals surface area contributed by atoms with E-state index in [4.69, 9.17) is 4.74 Å². The summed E-state index contributed by atoms with van der Waals surface area (Å²) >= 11 is 0. The van der Waals surface area contributed by atoms with Gasteiger partial charge in [-0.3, -0.25) is 4.90 Å². The molecule has 4 atom stereocenters. The molecule has 0 N–H and O–H groups in total. The zero-order chi connectivity index (χ0) is 12.4. The molecule has 0 spiro atoms. The molecule has 0 bridgehead atoms. The molecule has 1 saturated heterocycles. The fraction of sp³-hybridized carbons (Fsp3) is 0.933. The van der Waals surface area contributed by atoms with E-state index in [1.807, 2.05) is 0 Å². The van der Waals surface area contributed by atoms with Crippen LogP contribution in [0.1, 0.15) is 51.4 Å². The molecule has 2 aliphatic carbocycles. The number of nitriles is 1. The predicted octanol–water partition coefficient (Wildman–Crippen LogP) is 2.71. The topological polar surface area (TPSA) is 36.3 Å². The van der Waals surface area contributed by atoms with Gasteiger partial charge in [0.2, 0.25) is 0 Å². The van der Waals surface area contributed by atoms with Gasteiger partial charge in [-0.25, -0.2) is 0 Å². The Morgan fingerprint density at radius 1 is 0.944 bits per heavy atom. The summed E-state index contributed by atoms with van der Waals surface area (Å²) in [5, 5.41) is 9.38.